The molecule has 0 radical (unpaired) electrons. The minimum Gasteiger partial charge on any atom is -0.372 e. The minimum atomic E-state index is 0.325. The van der Waals surface area contributed by atoms with E-state index in [1.807, 2.05) is 6.07 Å². The van der Waals surface area contributed by atoms with Crippen LogP contribution in [0, 0.1) is 0 Å². The van der Waals surface area contributed by atoms with Crippen molar-refractivity contribution in [2.24, 2.45) is 0 Å². The molecule has 4 nitrogen and oxygen atoms in total. The van der Waals surface area contributed by atoms with E-state index in [1.54, 1.807) is 0 Å². The first-order chi connectivity index (χ1) is 8.90. The van der Waals surface area contributed by atoms with E-state index in [0.717, 1.165) is 31.2 Å². The molecule has 0 N–H and O–H groups in total. The second kappa shape index (κ2) is 4.90. The molecule has 1 unspecified atom stereocenters. The van der Waals surface area contributed by atoms with E-state index in [0.29, 0.717) is 12.5 Å². The van der Waals surface area contributed by atoms with Gasteiger partial charge in [0.25, 0.3) is 0 Å². The number of hydrogen-bond acceptors (Lipinski definition) is 3. The first-order valence-corrected chi connectivity index (χ1v) is 6.44. The molecule has 18 heavy (non-hydrogen) atoms. The van der Waals surface area contributed by atoms with Gasteiger partial charge in [-0.15, -0.1) is 10.2 Å². The van der Waals surface area contributed by atoms with Crippen LogP contribution in [0.25, 0.3) is 0 Å². The number of benzene rings is 1. The summed E-state index contributed by atoms with van der Waals surface area (Å²) >= 11 is 0. The predicted molar refractivity (Wildman–Crippen MR) is 68.3 cm³/mol. The van der Waals surface area contributed by atoms with Crippen LogP contribution < -0.4 is 0 Å². The molecule has 3 rings (SSSR count). The average Bonchev–Trinajstić information content (AvgIpc) is 2.85. The summed E-state index contributed by atoms with van der Waals surface area (Å²) in [5.74, 6) is 2.35. The van der Waals surface area contributed by atoms with Gasteiger partial charge >= 0.3 is 0 Å². The SMILES string of the molecule is CCC(c1ccccc1)c1nnc2n1CCOC2. The Labute approximate surface area is 107 Å². The van der Waals surface area contributed by atoms with E-state index in [9.17, 15) is 0 Å². The third kappa shape index (κ3) is 1.93. The van der Waals surface area contributed by atoms with Crippen molar-refractivity contribution < 1.29 is 4.74 Å². The Bertz CT molecular complexity index is 521. The second-order valence-corrected chi connectivity index (χ2v) is 4.55. The van der Waals surface area contributed by atoms with E-state index in [4.69, 9.17) is 4.74 Å². The Kier molecular flexibility index (Phi) is 3.11. The molecule has 1 aliphatic rings. The van der Waals surface area contributed by atoms with Crippen LogP contribution in [0.15, 0.2) is 30.3 Å². The third-order valence-electron chi connectivity index (χ3n) is 3.47. The van der Waals surface area contributed by atoms with E-state index in [2.05, 4.69) is 46.0 Å². The molecule has 0 amide bonds. The van der Waals surface area contributed by atoms with Gasteiger partial charge in [0, 0.05) is 12.5 Å². The lowest BCUT2D eigenvalue weighted by Gasteiger charge is -2.20. The molecule has 1 aromatic carbocycles. The number of ether oxygens (including phenoxy) is 1. The Balaban J connectivity index is 2.00. The summed E-state index contributed by atoms with van der Waals surface area (Å²) in [6, 6.07) is 10.5. The van der Waals surface area contributed by atoms with Crippen molar-refractivity contribution in [3.8, 4) is 0 Å². The third-order valence-corrected chi connectivity index (χ3v) is 3.47. The molecule has 1 atom stereocenters. The van der Waals surface area contributed by atoms with Gasteiger partial charge in [0.2, 0.25) is 0 Å². The molecule has 2 aromatic rings. The van der Waals surface area contributed by atoms with E-state index >= 15 is 0 Å². The second-order valence-electron chi connectivity index (χ2n) is 4.55. The molecule has 0 aliphatic carbocycles. The van der Waals surface area contributed by atoms with E-state index in [-0.39, 0.29) is 0 Å². The highest BCUT2D eigenvalue weighted by Crippen LogP contribution is 2.27. The summed E-state index contributed by atoms with van der Waals surface area (Å²) in [7, 11) is 0. The highest BCUT2D eigenvalue weighted by Gasteiger charge is 2.23. The van der Waals surface area contributed by atoms with Crippen molar-refractivity contribution >= 4 is 0 Å². The fourth-order valence-electron chi connectivity index (χ4n) is 2.53. The summed E-state index contributed by atoms with van der Waals surface area (Å²) in [6.07, 6.45) is 1.03. The molecule has 0 saturated carbocycles. The van der Waals surface area contributed by atoms with Crippen LogP contribution in [0.5, 0.6) is 0 Å². The standard InChI is InChI=1S/C14H17N3O/c1-2-12(11-6-4-3-5-7-11)14-16-15-13-10-18-9-8-17(13)14/h3-7,12H,2,8-10H2,1H3. The van der Waals surface area contributed by atoms with Crippen molar-refractivity contribution in [2.45, 2.75) is 32.4 Å². The van der Waals surface area contributed by atoms with Gasteiger partial charge < -0.3 is 9.30 Å². The zero-order valence-electron chi connectivity index (χ0n) is 10.5. The Hall–Kier alpha value is -1.68. The summed E-state index contributed by atoms with van der Waals surface area (Å²) in [6.45, 7) is 4.39. The van der Waals surface area contributed by atoms with Crippen LogP contribution in [-0.4, -0.2) is 21.4 Å². The maximum absolute atomic E-state index is 5.41. The van der Waals surface area contributed by atoms with Gasteiger partial charge in [0.15, 0.2) is 5.82 Å². The number of nitrogens with zero attached hydrogens (tertiary/aromatic N) is 3. The fraction of sp³-hybridized carbons (Fsp3) is 0.429. The molecule has 0 spiro atoms. The summed E-state index contributed by atoms with van der Waals surface area (Å²) in [5.41, 5.74) is 1.31. The molecular weight excluding hydrogens is 226 g/mol. The van der Waals surface area contributed by atoms with Gasteiger partial charge in [-0.3, -0.25) is 0 Å². The van der Waals surface area contributed by atoms with Crippen LogP contribution >= 0.6 is 0 Å². The van der Waals surface area contributed by atoms with Gasteiger partial charge in [-0.1, -0.05) is 37.3 Å². The van der Waals surface area contributed by atoms with Crippen LogP contribution in [0.4, 0.5) is 0 Å². The summed E-state index contributed by atoms with van der Waals surface area (Å²) in [5, 5.41) is 8.62. The number of hydrogen-bond donors (Lipinski definition) is 0. The zero-order valence-corrected chi connectivity index (χ0v) is 10.5. The van der Waals surface area contributed by atoms with Crippen molar-refractivity contribution in [3.63, 3.8) is 0 Å². The molecule has 0 saturated heterocycles. The number of aromatic nitrogens is 3. The van der Waals surface area contributed by atoms with Crippen LogP contribution in [-0.2, 0) is 17.9 Å². The van der Waals surface area contributed by atoms with Crippen molar-refractivity contribution in [3.05, 3.63) is 47.5 Å². The van der Waals surface area contributed by atoms with Gasteiger partial charge in [-0.05, 0) is 12.0 Å². The lowest BCUT2D eigenvalue weighted by molar-refractivity contribution is 0.0804. The van der Waals surface area contributed by atoms with Gasteiger partial charge in [-0.25, -0.2) is 0 Å². The Morgan fingerprint density at radius 2 is 2.11 bits per heavy atom. The first kappa shape index (κ1) is 11.4. The predicted octanol–water partition coefficient (Wildman–Crippen LogP) is 2.35. The molecule has 94 valence electrons. The molecule has 0 bridgehead atoms. The Morgan fingerprint density at radius 3 is 2.89 bits per heavy atom. The topological polar surface area (TPSA) is 39.9 Å². The normalized spacial score (nSPS) is 16.3. The molecular formula is C14H17N3O. The van der Waals surface area contributed by atoms with E-state index in [1.165, 1.54) is 5.56 Å². The van der Waals surface area contributed by atoms with Crippen molar-refractivity contribution in [1.29, 1.82) is 0 Å². The maximum Gasteiger partial charge on any atom is 0.159 e. The quantitative estimate of drug-likeness (QED) is 0.830. The number of fused-ring (bicyclic) bond motifs is 1. The minimum absolute atomic E-state index is 0.325. The molecule has 1 aliphatic heterocycles. The van der Waals surface area contributed by atoms with E-state index < -0.39 is 0 Å². The molecule has 2 heterocycles. The lowest BCUT2D eigenvalue weighted by atomic mass is 9.95. The lowest BCUT2D eigenvalue weighted by Crippen LogP contribution is -2.20. The molecule has 0 fully saturated rings. The zero-order chi connectivity index (χ0) is 12.4. The first-order valence-electron chi connectivity index (χ1n) is 6.44. The van der Waals surface area contributed by atoms with Gasteiger partial charge in [0.1, 0.15) is 12.4 Å². The van der Waals surface area contributed by atoms with Crippen molar-refractivity contribution in [2.75, 3.05) is 6.61 Å². The summed E-state index contributed by atoms with van der Waals surface area (Å²) in [4.78, 5) is 0. The molecule has 4 heteroatoms. The monoisotopic (exact) mass is 243 g/mol. The highest BCUT2D eigenvalue weighted by molar-refractivity contribution is 5.25. The van der Waals surface area contributed by atoms with Crippen molar-refractivity contribution in [1.82, 2.24) is 14.8 Å². The average molecular weight is 243 g/mol. The summed E-state index contributed by atoms with van der Waals surface area (Å²) < 4.78 is 7.62. The highest BCUT2D eigenvalue weighted by atomic mass is 16.5. The fourth-order valence-corrected chi connectivity index (χ4v) is 2.53. The van der Waals surface area contributed by atoms with Crippen LogP contribution in [0.2, 0.25) is 0 Å². The number of rotatable bonds is 3. The molecule has 1 aromatic heterocycles. The smallest absolute Gasteiger partial charge is 0.159 e. The van der Waals surface area contributed by atoms with Gasteiger partial charge in [-0.2, -0.15) is 0 Å². The van der Waals surface area contributed by atoms with Crippen LogP contribution in [0.1, 0.15) is 36.5 Å². The largest absolute Gasteiger partial charge is 0.372 e. The van der Waals surface area contributed by atoms with Crippen LogP contribution in [0.3, 0.4) is 0 Å². The maximum atomic E-state index is 5.41. The van der Waals surface area contributed by atoms with Gasteiger partial charge in [0.05, 0.1) is 6.61 Å². The Morgan fingerprint density at radius 1 is 1.28 bits per heavy atom.